The molecule has 3 heteroatoms. The Balaban J connectivity index is 1.77. The van der Waals surface area contributed by atoms with Crippen molar-refractivity contribution in [2.75, 3.05) is 7.11 Å². The van der Waals surface area contributed by atoms with Crippen molar-refractivity contribution in [3.63, 3.8) is 0 Å². The first kappa shape index (κ1) is 18.5. The highest BCUT2D eigenvalue weighted by Gasteiger charge is 2.08. The predicted octanol–water partition coefficient (Wildman–Crippen LogP) is 6.83. The lowest BCUT2D eigenvalue weighted by Gasteiger charge is -2.12. The summed E-state index contributed by atoms with van der Waals surface area (Å²) in [6.45, 7) is 0. The van der Waals surface area contributed by atoms with E-state index in [9.17, 15) is 4.79 Å². The molecular formula is C26H20O3. The summed E-state index contributed by atoms with van der Waals surface area (Å²) in [6.07, 6.45) is -0.727. The SMILES string of the molecule is COC(=O)Oc1ccc(-c2cc(-c3ccccc3)cc(-c3ccccc3)c2)cc1. The molecule has 0 saturated heterocycles. The third-order valence-corrected chi connectivity index (χ3v) is 4.70. The van der Waals surface area contributed by atoms with E-state index in [0.29, 0.717) is 5.75 Å². The lowest BCUT2D eigenvalue weighted by Crippen LogP contribution is -2.06. The van der Waals surface area contributed by atoms with Crippen molar-refractivity contribution in [3.8, 4) is 39.1 Å². The fourth-order valence-corrected chi connectivity index (χ4v) is 3.24. The summed E-state index contributed by atoms with van der Waals surface area (Å²) in [6, 6.07) is 34.7. The largest absolute Gasteiger partial charge is 0.513 e. The summed E-state index contributed by atoms with van der Waals surface area (Å²) in [7, 11) is 1.29. The first-order valence-corrected chi connectivity index (χ1v) is 9.35. The van der Waals surface area contributed by atoms with Gasteiger partial charge in [-0.2, -0.15) is 0 Å². The normalized spacial score (nSPS) is 10.4. The van der Waals surface area contributed by atoms with Crippen LogP contribution in [-0.2, 0) is 4.74 Å². The van der Waals surface area contributed by atoms with Gasteiger partial charge in [0.2, 0.25) is 0 Å². The zero-order valence-electron chi connectivity index (χ0n) is 16.0. The Hall–Kier alpha value is -3.85. The number of carbonyl (C=O) groups excluding carboxylic acids is 1. The van der Waals surface area contributed by atoms with E-state index in [0.717, 1.165) is 33.4 Å². The Labute approximate surface area is 170 Å². The average Bonchev–Trinajstić information content (AvgIpc) is 2.80. The summed E-state index contributed by atoms with van der Waals surface area (Å²) >= 11 is 0. The highest BCUT2D eigenvalue weighted by Crippen LogP contribution is 2.33. The molecule has 0 spiro atoms. The molecule has 0 aliphatic carbocycles. The first-order valence-electron chi connectivity index (χ1n) is 9.35. The average molecular weight is 380 g/mol. The lowest BCUT2D eigenvalue weighted by atomic mass is 9.93. The Bertz CT molecular complexity index is 1040. The minimum atomic E-state index is -0.727. The summed E-state index contributed by atoms with van der Waals surface area (Å²) in [5, 5.41) is 0. The third kappa shape index (κ3) is 4.36. The topological polar surface area (TPSA) is 35.5 Å². The molecule has 0 N–H and O–H groups in total. The van der Waals surface area contributed by atoms with Crippen LogP contribution in [0, 0.1) is 0 Å². The molecule has 0 radical (unpaired) electrons. The number of ether oxygens (including phenoxy) is 2. The Morgan fingerprint density at radius 3 is 1.38 bits per heavy atom. The summed E-state index contributed by atoms with van der Waals surface area (Å²) < 4.78 is 9.62. The van der Waals surface area contributed by atoms with Crippen molar-refractivity contribution in [2.24, 2.45) is 0 Å². The zero-order chi connectivity index (χ0) is 20.1. The van der Waals surface area contributed by atoms with Gasteiger partial charge in [-0.25, -0.2) is 4.79 Å². The number of rotatable bonds is 4. The van der Waals surface area contributed by atoms with E-state index in [2.05, 4.69) is 47.2 Å². The van der Waals surface area contributed by atoms with Gasteiger partial charge in [0.1, 0.15) is 5.75 Å². The molecule has 142 valence electrons. The second-order valence-corrected chi connectivity index (χ2v) is 6.61. The van der Waals surface area contributed by atoms with Crippen molar-refractivity contribution in [2.45, 2.75) is 0 Å². The van der Waals surface area contributed by atoms with Crippen LogP contribution in [0.2, 0.25) is 0 Å². The maximum absolute atomic E-state index is 11.3. The molecule has 0 aromatic heterocycles. The molecule has 0 unspecified atom stereocenters. The van der Waals surface area contributed by atoms with Crippen LogP contribution in [0.4, 0.5) is 4.79 Å². The number of carbonyl (C=O) groups is 1. The molecule has 0 aliphatic rings. The van der Waals surface area contributed by atoms with Gasteiger partial charge in [0.25, 0.3) is 0 Å². The van der Waals surface area contributed by atoms with Crippen molar-refractivity contribution in [1.29, 1.82) is 0 Å². The molecule has 0 fully saturated rings. The molecule has 0 heterocycles. The maximum atomic E-state index is 11.3. The molecule has 4 aromatic carbocycles. The first-order chi connectivity index (χ1) is 14.2. The van der Waals surface area contributed by atoms with Gasteiger partial charge in [-0.3, -0.25) is 0 Å². The number of benzene rings is 4. The molecule has 0 amide bonds. The van der Waals surface area contributed by atoms with Crippen molar-refractivity contribution in [3.05, 3.63) is 103 Å². The molecule has 3 nitrogen and oxygen atoms in total. The van der Waals surface area contributed by atoms with Crippen LogP contribution >= 0.6 is 0 Å². The lowest BCUT2D eigenvalue weighted by molar-refractivity contribution is 0.121. The fourth-order valence-electron chi connectivity index (χ4n) is 3.24. The van der Waals surface area contributed by atoms with Gasteiger partial charge >= 0.3 is 6.16 Å². The number of hydrogen-bond donors (Lipinski definition) is 0. The second-order valence-electron chi connectivity index (χ2n) is 6.61. The zero-order valence-corrected chi connectivity index (χ0v) is 16.0. The van der Waals surface area contributed by atoms with Gasteiger partial charge in [0.05, 0.1) is 7.11 Å². The number of methoxy groups -OCH3 is 1. The third-order valence-electron chi connectivity index (χ3n) is 4.70. The molecule has 4 aromatic rings. The van der Waals surface area contributed by atoms with Gasteiger partial charge in [-0.1, -0.05) is 72.8 Å². The van der Waals surface area contributed by atoms with Crippen LogP contribution in [0.5, 0.6) is 5.75 Å². The van der Waals surface area contributed by atoms with E-state index in [1.165, 1.54) is 7.11 Å². The smallest absolute Gasteiger partial charge is 0.437 e. The molecule has 29 heavy (non-hydrogen) atoms. The van der Waals surface area contributed by atoms with Gasteiger partial charge in [0.15, 0.2) is 0 Å². The van der Waals surface area contributed by atoms with Gasteiger partial charge in [0, 0.05) is 0 Å². The maximum Gasteiger partial charge on any atom is 0.513 e. The Morgan fingerprint density at radius 1 is 0.552 bits per heavy atom. The molecule has 0 atom stereocenters. The van der Waals surface area contributed by atoms with Crippen LogP contribution in [0.25, 0.3) is 33.4 Å². The van der Waals surface area contributed by atoms with E-state index < -0.39 is 6.16 Å². The van der Waals surface area contributed by atoms with Crippen LogP contribution in [0.3, 0.4) is 0 Å². The highest BCUT2D eigenvalue weighted by atomic mass is 16.7. The summed E-state index contributed by atoms with van der Waals surface area (Å²) in [4.78, 5) is 11.3. The van der Waals surface area contributed by atoms with Crippen molar-refractivity contribution >= 4 is 6.16 Å². The van der Waals surface area contributed by atoms with Crippen molar-refractivity contribution < 1.29 is 14.3 Å². The van der Waals surface area contributed by atoms with Gasteiger partial charge in [-0.15, -0.1) is 0 Å². The molecule has 4 rings (SSSR count). The standard InChI is InChI=1S/C26H20O3/c1-28-26(27)29-25-14-12-21(13-15-25)24-17-22(19-8-4-2-5-9-19)16-23(18-24)20-10-6-3-7-11-20/h2-18H,1H3. The number of hydrogen-bond acceptors (Lipinski definition) is 3. The molecule has 0 bridgehead atoms. The van der Waals surface area contributed by atoms with Crippen LogP contribution in [0.1, 0.15) is 0 Å². The molecular weight excluding hydrogens is 360 g/mol. The van der Waals surface area contributed by atoms with Crippen molar-refractivity contribution in [1.82, 2.24) is 0 Å². The van der Waals surface area contributed by atoms with E-state index in [1.807, 2.05) is 48.5 Å². The van der Waals surface area contributed by atoms with E-state index in [-0.39, 0.29) is 0 Å². The Kier molecular flexibility index (Phi) is 5.39. The predicted molar refractivity (Wildman–Crippen MR) is 116 cm³/mol. The summed E-state index contributed by atoms with van der Waals surface area (Å²) in [5.41, 5.74) is 6.76. The fraction of sp³-hybridized carbons (Fsp3) is 0.0385. The monoisotopic (exact) mass is 380 g/mol. The van der Waals surface area contributed by atoms with Crippen LogP contribution in [0.15, 0.2) is 103 Å². The highest BCUT2D eigenvalue weighted by molar-refractivity contribution is 5.81. The minimum absolute atomic E-state index is 0.447. The van der Waals surface area contributed by atoms with E-state index >= 15 is 0 Å². The second kappa shape index (κ2) is 8.44. The molecule has 0 saturated carbocycles. The van der Waals surface area contributed by atoms with E-state index in [4.69, 9.17) is 4.74 Å². The van der Waals surface area contributed by atoms with E-state index in [1.54, 1.807) is 12.1 Å². The van der Waals surface area contributed by atoms with Crippen LogP contribution in [-0.4, -0.2) is 13.3 Å². The van der Waals surface area contributed by atoms with Crippen LogP contribution < -0.4 is 4.74 Å². The molecule has 0 aliphatic heterocycles. The minimum Gasteiger partial charge on any atom is -0.437 e. The Morgan fingerprint density at radius 2 is 0.966 bits per heavy atom. The summed E-state index contributed by atoms with van der Waals surface area (Å²) in [5.74, 6) is 0.447. The van der Waals surface area contributed by atoms with Gasteiger partial charge < -0.3 is 9.47 Å². The quantitative estimate of drug-likeness (QED) is 0.287. The van der Waals surface area contributed by atoms with Gasteiger partial charge in [-0.05, 0) is 63.7 Å².